The highest BCUT2D eigenvalue weighted by atomic mass is 16.5. The van der Waals surface area contributed by atoms with Crippen molar-refractivity contribution in [2.24, 2.45) is 5.92 Å². The van der Waals surface area contributed by atoms with Crippen LogP contribution in [0.3, 0.4) is 0 Å². The van der Waals surface area contributed by atoms with E-state index in [1.54, 1.807) is 0 Å². The minimum Gasteiger partial charge on any atom is -0.370 e. The molecule has 2 aliphatic rings. The number of rotatable bonds is 5. The standard InChI is InChI=1S/C15H29NO/c1-3-13-8-4-5-9-14(13)17-15(12-16-2)10-6-7-11-15/h13-14,16H,3-12H2,1-2H3. The molecule has 0 amide bonds. The molecule has 0 bridgehead atoms. The first kappa shape index (κ1) is 13.4. The van der Waals surface area contributed by atoms with Gasteiger partial charge >= 0.3 is 0 Å². The highest BCUT2D eigenvalue weighted by Gasteiger charge is 2.38. The molecule has 0 aromatic carbocycles. The van der Waals surface area contributed by atoms with E-state index in [4.69, 9.17) is 4.74 Å². The summed E-state index contributed by atoms with van der Waals surface area (Å²) >= 11 is 0. The first-order chi connectivity index (χ1) is 8.29. The van der Waals surface area contributed by atoms with Crippen LogP contribution >= 0.6 is 0 Å². The molecular formula is C15H29NO. The average molecular weight is 239 g/mol. The third-order valence-electron chi connectivity index (χ3n) is 4.78. The summed E-state index contributed by atoms with van der Waals surface area (Å²) in [5.41, 5.74) is 0.171. The molecule has 2 heteroatoms. The molecule has 2 aliphatic carbocycles. The summed E-state index contributed by atoms with van der Waals surface area (Å²) in [5, 5.41) is 3.35. The van der Waals surface area contributed by atoms with Gasteiger partial charge in [-0.2, -0.15) is 0 Å². The molecule has 2 unspecified atom stereocenters. The second-order valence-corrected chi connectivity index (χ2v) is 6.03. The fourth-order valence-electron chi connectivity index (χ4n) is 3.79. The van der Waals surface area contributed by atoms with Gasteiger partial charge in [-0.3, -0.25) is 0 Å². The second kappa shape index (κ2) is 6.19. The highest BCUT2D eigenvalue weighted by Crippen LogP contribution is 2.38. The predicted molar refractivity (Wildman–Crippen MR) is 72.2 cm³/mol. The van der Waals surface area contributed by atoms with E-state index in [9.17, 15) is 0 Å². The van der Waals surface area contributed by atoms with Crippen LogP contribution in [0.25, 0.3) is 0 Å². The Morgan fingerprint density at radius 2 is 1.82 bits per heavy atom. The van der Waals surface area contributed by atoms with Crippen molar-refractivity contribution in [1.82, 2.24) is 5.32 Å². The molecule has 0 aliphatic heterocycles. The zero-order chi connectivity index (χ0) is 12.1. The van der Waals surface area contributed by atoms with Crippen LogP contribution in [-0.2, 0) is 4.74 Å². The monoisotopic (exact) mass is 239 g/mol. The van der Waals surface area contributed by atoms with Gasteiger partial charge in [0.25, 0.3) is 0 Å². The Labute approximate surface area is 107 Å². The number of hydrogen-bond acceptors (Lipinski definition) is 2. The number of hydrogen-bond donors (Lipinski definition) is 1. The second-order valence-electron chi connectivity index (χ2n) is 6.03. The van der Waals surface area contributed by atoms with Gasteiger partial charge in [0.05, 0.1) is 11.7 Å². The Balaban J connectivity index is 1.96. The molecule has 0 aromatic heterocycles. The van der Waals surface area contributed by atoms with Gasteiger partial charge in [0, 0.05) is 6.54 Å². The van der Waals surface area contributed by atoms with Crippen LogP contribution in [0.1, 0.15) is 64.7 Å². The lowest BCUT2D eigenvalue weighted by molar-refractivity contribution is -0.121. The van der Waals surface area contributed by atoms with E-state index in [1.807, 2.05) is 0 Å². The lowest BCUT2D eigenvalue weighted by Gasteiger charge is -2.39. The van der Waals surface area contributed by atoms with Crippen molar-refractivity contribution < 1.29 is 4.74 Å². The molecule has 2 rings (SSSR count). The smallest absolute Gasteiger partial charge is 0.0810 e. The maximum atomic E-state index is 6.62. The molecule has 2 saturated carbocycles. The van der Waals surface area contributed by atoms with Crippen LogP contribution in [0.2, 0.25) is 0 Å². The molecule has 0 aromatic rings. The van der Waals surface area contributed by atoms with E-state index in [1.165, 1.54) is 57.8 Å². The summed E-state index contributed by atoms with van der Waals surface area (Å²) in [6.07, 6.45) is 12.5. The predicted octanol–water partition coefficient (Wildman–Crippen LogP) is 3.50. The number of likely N-dealkylation sites (N-methyl/N-ethyl adjacent to an activating group) is 1. The van der Waals surface area contributed by atoms with Gasteiger partial charge in [0.2, 0.25) is 0 Å². The lowest BCUT2D eigenvalue weighted by Crippen LogP contribution is -2.45. The van der Waals surface area contributed by atoms with Crippen molar-refractivity contribution in [3.05, 3.63) is 0 Å². The van der Waals surface area contributed by atoms with Crippen molar-refractivity contribution in [3.63, 3.8) is 0 Å². The summed E-state index contributed by atoms with van der Waals surface area (Å²) < 4.78 is 6.62. The first-order valence-electron chi connectivity index (χ1n) is 7.62. The van der Waals surface area contributed by atoms with E-state index in [2.05, 4.69) is 19.3 Å². The van der Waals surface area contributed by atoms with E-state index >= 15 is 0 Å². The maximum Gasteiger partial charge on any atom is 0.0810 e. The summed E-state index contributed by atoms with van der Waals surface area (Å²) in [7, 11) is 2.06. The van der Waals surface area contributed by atoms with Gasteiger partial charge in [0.15, 0.2) is 0 Å². The third-order valence-corrected chi connectivity index (χ3v) is 4.78. The van der Waals surface area contributed by atoms with Crippen LogP contribution in [0.4, 0.5) is 0 Å². The van der Waals surface area contributed by atoms with Crippen LogP contribution in [-0.4, -0.2) is 25.3 Å². The molecule has 100 valence electrons. The van der Waals surface area contributed by atoms with Crippen LogP contribution in [0.15, 0.2) is 0 Å². The summed E-state index contributed by atoms with van der Waals surface area (Å²) in [4.78, 5) is 0. The minimum atomic E-state index is 0.171. The molecule has 2 fully saturated rings. The minimum absolute atomic E-state index is 0.171. The molecular weight excluding hydrogens is 210 g/mol. The Morgan fingerprint density at radius 3 is 2.47 bits per heavy atom. The molecule has 17 heavy (non-hydrogen) atoms. The van der Waals surface area contributed by atoms with Gasteiger partial charge in [-0.15, -0.1) is 0 Å². The Kier molecular flexibility index (Phi) is 4.87. The molecule has 1 N–H and O–H groups in total. The van der Waals surface area contributed by atoms with Crippen molar-refractivity contribution in [3.8, 4) is 0 Å². The normalized spacial score (nSPS) is 32.8. The van der Waals surface area contributed by atoms with Gasteiger partial charge in [-0.25, -0.2) is 0 Å². The zero-order valence-electron chi connectivity index (χ0n) is 11.6. The summed E-state index contributed by atoms with van der Waals surface area (Å²) in [5.74, 6) is 0.818. The van der Waals surface area contributed by atoms with E-state index in [0.717, 1.165) is 12.5 Å². The van der Waals surface area contributed by atoms with Crippen molar-refractivity contribution >= 4 is 0 Å². The van der Waals surface area contributed by atoms with Crippen molar-refractivity contribution in [2.45, 2.75) is 76.4 Å². The third kappa shape index (κ3) is 3.23. The Hall–Kier alpha value is -0.0800. The van der Waals surface area contributed by atoms with Crippen LogP contribution < -0.4 is 5.32 Å². The molecule has 0 saturated heterocycles. The fraction of sp³-hybridized carbons (Fsp3) is 1.00. The maximum absolute atomic E-state index is 6.62. The molecule has 0 heterocycles. The van der Waals surface area contributed by atoms with E-state index in [-0.39, 0.29) is 5.60 Å². The molecule has 2 atom stereocenters. The zero-order valence-corrected chi connectivity index (χ0v) is 11.6. The Bertz CT molecular complexity index is 223. The topological polar surface area (TPSA) is 21.3 Å². The SMILES string of the molecule is CCC1CCCCC1OC1(CNC)CCCC1. The van der Waals surface area contributed by atoms with Gasteiger partial charge in [0.1, 0.15) is 0 Å². The summed E-state index contributed by atoms with van der Waals surface area (Å²) in [6, 6.07) is 0. The number of nitrogens with one attached hydrogen (secondary N) is 1. The van der Waals surface area contributed by atoms with Crippen molar-refractivity contribution in [1.29, 1.82) is 0 Å². The molecule has 0 spiro atoms. The van der Waals surface area contributed by atoms with Crippen LogP contribution in [0, 0.1) is 5.92 Å². The largest absolute Gasteiger partial charge is 0.370 e. The Morgan fingerprint density at radius 1 is 1.12 bits per heavy atom. The molecule has 2 nitrogen and oxygen atoms in total. The average Bonchev–Trinajstić information content (AvgIpc) is 2.79. The summed E-state index contributed by atoms with van der Waals surface area (Å²) in [6.45, 7) is 3.37. The fourth-order valence-corrected chi connectivity index (χ4v) is 3.79. The van der Waals surface area contributed by atoms with Crippen molar-refractivity contribution in [2.75, 3.05) is 13.6 Å². The van der Waals surface area contributed by atoms with Gasteiger partial charge in [-0.05, 0) is 38.6 Å². The van der Waals surface area contributed by atoms with Crippen LogP contribution in [0.5, 0.6) is 0 Å². The highest BCUT2D eigenvalue weighted by molar-refractivity contribution is 4.90. The number of ether oxygens (including phenoxy) is 1. The van der Waals surface area contributed by atoms with Gasteiger partial charge < -0.3 is 10.1 Å². The van der Waals surface area contributed by atoms with Gasteiger partial charge in [-0.1, -0.05) is 39.0 Å². The molecule has 0 radical (unpaired) electrons. The quantitative estimate of drug-likeness (QED) is 0.793. The van der Waals surface area contributed by atoms with E-state index in [0.29, 0.717) is 6.10 Å². The van der Waals surface area contributed by atoms with E-state index < -0.39 is 0 Å². The lowest BCUT2D eigenvalue weighted by atomic mass is 9.84. The first-order valence-corrected chi connectivity index (χ1v) is 7.62.